The van der Waals surface area contributed by atoms with Crippen LogP contribution in [-0.4, -0.2) is 42.6 Å². The Bertz CT molecular complexity index is 542. The van der Waals surface area contributed by atoms with Gasteiger partial charge in [-0.3, -0.25) is 4.98 Å². The number of hydrogen-bond acceptors (Lipinski definition) is 5. The largest absolute Gasteiger partial charge is 0.392 e. The van der Waals surface area contributed by atoms with Crippen molar-refractivity contribution in [2.45, 2.75) is 26.5 Å². The number of pyridine rings is 1. The van der Waals surface area contributed by atoms with Crippen LogP contribution in [0.1, 0.15) is 18.2 Å². The lowest BCUT2D eigenvalue weighted by molar-refractivity contribution is 0.281. The summed E-state index contributed by atoms with van der Waals surface area (Å²) in [6.45, 7) is 4.17. The number of aromatic nitrogens is 1. The summed E-state index contributed by atoms with van der Waals surface area (Å²) in [6, 6.07) is 1.83. The second-order valence-electron chi connectivity index (χ2n) is 4.77. The van der Waals surface area contributed by atoms with Gasteiger partial charge in [-0.05, 0) is 19.9 Å². The van der Waals surface area contributed by atoms with Gasteiger partial charge >= 0.3 is 0 Å². The molecule has 0 spiro atoms. The maximum absolute atomic E-state index is 11.6. The van der Waals surface area contributed by atoms with Crippen LogP contribution in [0.3, 0.4) is 0 Å². The van der Waals surface area contributed by atoms with Gasteiger partial charge in [-0.15, -0.1) is 0 Å². The maximum Gasteiger partial charge on any atom is 0.154 e. The van der Waals surface area contributed by atoms with E-state index in [4.69, 9.17) is 0 Å². The Morgan fingerprint density at radius 1 is 1.56 bits per heavy atom. The van der Waals surface area contributed by atoms with Gasteiger partial charge in [-0.1, -0.05) is 0 Å². The molecule has 18 heavy (non-hydrogen) atoms. The molecule has 1 aliphatic rings. The Balaban J connectivity index is 2.34. The van der Waals surface area contributed by atoms with Crippen molar-refractivity contribution < 1.29 is 13.5 Å². The van der Waals surface area contributed by atoms with E-state index in [0.717, 1.165) is 16.9 Å². The third-order valence-corrected chi connectivity index (χ3v) is 5.04. The van der Waals surface area contributed by atoms with Crippen molar-refractivity contribution in [3.05, 3.63) is 23.5 Å². The maximum atomic E-state index is 11.6. The fourth-order valence-corrected chi connectivity index (χ4v) is 3.88. The second-order valence-corrected chi connectivity index (χ2v) is 7.00. The molecule has 0 saturated carbocycles. The lowest BCUT2D eigenvalue weighted by atomic mass is 10.1. The van der Waals surface area contributed by atoms with Gasteiger partial charge in [0.05, 0.1) is 18.1 Å². The van der Waals surface area contributed by atoms with Crippen LogP contribution in [0.4, 0.5) is 5.69 Å². The van der Waals surface area contributed by atoms with Crippen LogP contribution in [0.5, 0.6) is 0 Å². The lowest BCUT2D eigenvalue weighted by Gasteiger charge is -2.36. The number of nitrogens with zero attached hydrogens (tertiary/aromatic N) is 2. The minimum atomic E-state index is -2.92. The zero-order valence-corrected chi connectivity index (χ0v) is 11.4. The van der Waals surface area contributed by atoms with Crippen molar-refractivity contribution in [2.24, 2.45) is 0 Å². The average molecular weight is 270 g/mol. The molecule has 1 aliphatic heterocycles. The summed E-state index contributed by atoms with van der Waals surface area (Å²) >= 11 is 0. The summed E-state index contributed by atoms with van der Waals surface area (Å²) in [7, 11) is -2.92. The molecular formula is C12H18N2O3S. The lowest BCUT2D eigenvalue weighted by Crippen LogP contribution is -2.47. The molecular weight excluding hydrogens is 252 g/mol. The number of aliphatic hydroxyl groups is 1. The van der Waals surface area contributed by atoms with Crippen molar-refractivity contribution >= 4 is 15.5 Å². The van der Waals surface area contributed by atoms with Crippen molar-refractivity contribution in [3.63, 3.8) is 0 Å². The Labute approximate surface area is 107 Å². The molecule has 2 heterocycles. The molecule has 1 fully saturated rings. The Morgan fingerprint density at radius 3 is 2.89 bits per heavy atom. The van der Waals surface area contributed by atoms with Crippen molar-refractivity contribution in [3.8, 4) is 0 Å². The monoisotopic (exact) mass is 270 g/mol. The van der Waals surface area contributed by atoms with E-state index in [1.165, 1.54) is 0 Å². The highest BCUT2D eigenvalue weighted by molar-refractivity contribution is 7.91. The van der Waals surface area contributed by atoms with E-state index in [9.17, 15) is 13.5 Å². The molecule has 5 nitrogen and oxygen atoms in total. The van der Waals surface area contributed by atoms with E-state index in [0.29, 0.717) is 6.54 Å². The summed E-state index contributed by atoms with van der Waals surface area (Å²) in [4.78, 5) is 6.20. The van der Waals surface area contributed by atoms with Crippen molar-refractivity contribution in [2.75, 3.05) is 23.0 Å². The molecule has 100 valence electrons. The first-order valence-corrected chi connectivity index (χ1v) is 7.78. The summed E-state index contributed by atoms with van der Waals surface area (Å²) in [5, 5.41) is 9.34. The first kappa shape index (κ1) is 13.3. The van der Waals surface area contributed by atoms with E-state index >= 15 is 0 Å². The number of rotatable bonds is 2. The Kier molecular flexibility index (Phi) is 3.59. The number of sulfone groups is 1. The standard InChI is InChI=1S/C12H18N2O3S/c1-9-5-12(11(7-15)6-13-9)14-3-4-18(16,17)8-10(14)2/h5-6,10,15H,3-4,7-8H2,1-2H3. The number of anilines is 1. The van der Waals surface area contributed by atoms with E-state index in [1.807, 2.05) is 24.8 Å². The van der Waals surface area contributed by atoms with E-state index in [1.54, 1.807) is 6.20 Å². The van der Waals surface area contributed by atoms with Crippen LogP contribution in [0.15, 0.2) is 12.3 Å². The molecule has 1 unspecified atom stereocenters. The highest BCUT2D eigenvalue weighted by Crippen LogP contribution is 2.26. The topological polar surface area (TPSA) is 70.5 Å². The summed E-state index contributed by atoms with van der Waals surface area (Å²) in [6.07, 6.45) is 1.65. The van der Waals surface area contributed by atoms with E-state index in [-0.39, 0.29) is 24.2 Å². The molecule has 1 N–H and O–H groups in total. The minimum absolute atomic E-state index is 0.0733. The van der Waals surface area contributed by atoms with Crippen molar-refractivity contribution in [1.82, 2.24) is 4.98 Å². The van der Waals surface area contributed by atoms with Crippen LogP contribution < -0.4 is 4.90 Å². The van der Waals surface area contributed by atoms with Gasteiger partial charge in [-0.25, -0.2) is 8.42 Å². The summed E-state index contributed by atoms with van der Waals surface area (Å²) in [5.74, 6) is 0.336. The van der Waals surface area contributed by atoms with Crippen molar-refractivity contribution in [1.29, 1.82) is 0 Å². The highest BCUT2D eigenvalue weighted by atomic mass is 32.2. The average Bonchev–Trinajstić information content (AvgIpc) is 2.28. The summed E-state index contributed by atoms with van der Waals surface area (Å²) in [5.41, 5.74) is 2.50. The second kappa shape index (κ2) is 4.85. The molecule has 6 heteroatoms. The van der Waals surface area contributed by atoms with Gasteiger partial charge in [0.25, 0.3) is 0 Å². The molecule has 0 amide bonds. The first-order valence-electron chi connectivity index (χ1n) is 5.96. The van der Waals surface area contributed by atoms with Crippen LogP contribution in [0.2, 0.25) is 0 Å². The fraction of sp³-hybridized carbons (Fsp3) is 0.583. The van der Waals surface area contributed by atoms with Gasteiger partial charge in [0.1, 0.15) is 0 Å². The van der Waals surface area contributed by atoms with E-state index in [2.05, 4.69) is 4.98 Å². The van der Waals surface area contributed by atoms with Crippen LogP contribution in [0.25, 0.3) is 0 Å². The predicted octanol–water partition coefficient (Wildman–Crippen LogP) is 0.506. The molecule has 1 aromatic heterocycles. The Morgan fingerprint density at radius 2 is 2.28 bits per heavy atom. The predicted molar refractivity (Wildman–Crippen MR) is 70.4 cm³/mol. The number of hydrogen-bond donors (Lipinski definition) is 1. The molecule has 1 atom stereocenters. The molecule has 0 bridgehead atoms. The number of aliphatic hydroxyl groups excluding tert-OH is 1. The zero-order chi connectivity index (χ0) is 13.3. The van der Waals surface area contributed by atoms with Crippen LogP contribution in [-0.2, 0) is 16.4 Å². The first-order chi connectivity index (χ1) is 8.43. The van der Waals surface area contributed by atoms with Crippen LogP contribution >= 0.6 is 0 Å². The van der Waals surface area contributed by atoms with Gasteiger partial charge in [-0.2, -0.15) is 0 Å². The molecule has 1 saturated heterocycles. The zero-order valence-electron chi connectivity index (χ0n) is 10.6. The Hall–Kier alpha value is -1.14. The quantitative estimate of drug-likeness (QED) is 0.847. The third-order valence-electron chi connectivity index (χ3n) is 3.25. The van der Waals surface area contributed by atoms with Gasteiger partial charge in [0, 0.05) is 35.7 Å². The molecule has 0 radical (unpaired) electrons. The fourth-order valence-electron chi connectivity index (χ4n) is 2.32. The van der Waals surface area contributed by atoms with E-state index < -0.39 is 9.84 Å². The van der Waals surface area contributed by atoms with Gasteiger partial charge < -0.3 is 10.0 Å². The smallest absolute Gasteiger partial charge is 0.154 e. The highest BCUT2D eigenvalue weighted by Gasteiger charge is 2.29. The molecule has 0 aliphatic carbocycles. The molecule has 0 aromatic carbocycles. The van der Waals surface area contributed by atoms with Crippen LogP contribution in [0, 0.1) is 6.92 Å². The number of aryl methyl sites for hydroxylation is 1. The summed E-state index contributed by atoms with van der Waals surface area (Å²) < 4.78 is 23.1. The minimum Gasteiger partial charge on any atom is -0.392 e. The molecule has 1 aromatic rings. The SMILES string of the molecule is Cc1cc(N2CCS(=O)(=O)CC2C)c(CO)cn1. The third kappa shape index (κ3) is 2.64. The molecule has 2 rings (SSSR count). The normalized spacial score (nSPS) is 23.1. The van der Waals surface area contributed by atoms with Gasteiger partial charge in [0.15, 0.2) is 9.84 Å². The van der Waals surface area contributed by atoms with Gasteiger partial charge in [0.2, 0.25) is 0 Å².